The first kappa shape index (κ1) is 20.8. The standard InChI is InChI=1S/C19H26N2O6S/c1-10(9-28-11(2)22)16(23)20-8-12(7-15(20)19(26)27)21-17(24)13-5-3-4-6-14(13)18(21)25/h10,12-15H,3-9H2,1-2H3,(H,26,27)/t10?,12?,13?,14?,15-/m0/s1. The Morgan fingerprint density at radius 1 is 1.14 bits per heavy atom. The van der Waals surface area contributed by atoms with Crippen LogP contribution in [0.15, 0.2) is 0 Å². The molecular weight excluding hydrogens is 384 g/mol. The van der Waals surface area contributed by atoms with Gasteiger partial charge in [0, 0.05) is 31.6 Å². The molecule has 9 heteroatoms. The second kappa shape index (κ2) is 8.23. The highest BCUT2D eigenvalue weighted by atomic mass is 32.2. The van der Waals surface area contributed by atoms with Crippen LogP contribution in [0.2, 0.25) is 0 Å². The van der Waals surface area contributed by atoms with Gasteiger partial charge in [0.25, 0.3) is 0 Å². The largest absolute Gasteiger partial charge is 0.480 e. The Kier molecular flexibility index (Phi) is 6.12. The van der Waals surface area contributed by atoms with Gasteiger partial charge in [-0.05, 0) is 12.8 Å². The topological polar surface area (TPSA) is 112 Å². The van der Waals surface area contributed by atoms with Gasteiger partial charge < -0.3 is 10.0 Å². The maximum absolute atomic E-state index is 12.8. The van der Waals surface area contributed by atoms with Gasteiger partial charge in [0.1, 0.15) is 6.04 Å². The number of nitrogens with zero attached hydrogens (tertiary/aromatic N) is 2. The molecule has 2 saturated heterocycles. The highest BCUT2D eigenvalue weighted by Crippen LogP contribution is 2.40. The Labute approximate surface area is 168 Å². The molecule has 28 heavy (non-hydrogen) atoms. The minimum Gasteiger partial charge on any atom is -0.480 e. The monoisotopic (exact) mass is 410 g/mol. The summed E-state index contributed by atoms with van der Waals surface area (Å²) >= 11 is 1.02. The van der Waals surface area contributed by atoms with Crippen molar-refractivity contribution in [3.63, 3.8) is 0 Å². The SMILES string of the molecule is CC(=O)SCC(C)C(=O)N1CC(N2C(=O)C3CCCCC3C2=O)C[C@H]1C(=O)O. The summed E-state index contributed by atoms with van der Waals surface area (Å²) in [5.41, 5.74) is 0. The average molecular weight is 410 g/mol. The maximum Gasteiger partial charge on any atom is 0.326 e. The number of thioether (sulfide) groups is 1. The van der Waals surface area contributed by atoms with Gasteiger partial charge in [0.2, 0.25) is 17.7 Å². The van der Waals surface area contributed by atoms with Gasteiger partial charge in [-0.3, -0.25) is 24.1 Å². The van der Waals surface area contributed by atoms with Crippen molar-refractivity contribution >= 4 is 40.6 Å². The number of amides is 3. The van der Waals surface area contributed by atoms with Gasteiger partial charge >= 0.3 is 5.97 Å². The van der Waals surface area contributed by atoms with E-state index in [0.717, 1.165) is 24.6 Å². The molecule has 5 atom stereocenters. The van der Waals surface area contributed by atoms with E-state index in [-0.39, 0.29) is 53.4 Å². The van der Waals surface area contributed by atoms with Crippen molar-refractivity contribution in [2.75, 3.05) is 12.3 Å². The van der Waals surface area contributed by atoms with Crippen LogP contribution in [0.25, 0.3) is 0 Å². The van der Waals surface area contributed by atoms with Crippen LogP contribution in [0.3, 0.4) is 0 Å². The number of carboxylic acids is 1. The molecule has 3 amide bonds. The van der Waals surface area contributed by atoms with Crippen LogP contribution in [0.1, 0.15) is 46.0 Å². The lowest BCUT2D eigenvalue weighted by Crippen LogP contribution is -2.45. The van der Waals surface area contributed by atoms with Crippen LogP contribution in [0.4, 0.5) is 0 Å². The number of hydrogen-bond donors (Lipinski definition) is 1. The molecule has 0 radical (unpaired) electrons. The first-order chi connectivity index (χ1) is 13.2. The van der Waals surface area contributed by atoms with Crippen molar-refractivity contribution in [3.05, 3.63) is 0 Å². The number of rotatable bonds is 5. The Morgan fingerprint density at radius 2 is 1.71 bits per heavy atom. The van der Waals surface area contributed by atoms with E-state index in [4.69, 9.17) is 0 Å². The van der Waals surface area contributed by atoms with Gasteiger partial charge in [-0.2, -0.15) is 0 Å². The van der Waals surface area contributed by atoms with Gasteiger partial charge in [-0.1, -0.05) is 31.5 Å². The lowest BCUT2D eigenvalue weighted by molar-refractivity contribution is -0.149. The summed E-state index contributed by atoms with van der Waals surface area (Å²) in [6.07, 6.45) is 3.30. The van der Waals surface area contributed by atoms with E-state index < -0.39 is 24.0 Å². The van der Waals surface area contributed by atoms with Crippen LogP contribution >= 0.6 is 11.8 Å². The molecule has 154 valence electrons. The molecule has 8 nitrogen and oxygen atoms in total. The molecule has 2 heterocycles. The van der Waals surface area contributed by atoms with Gasteiger partial charge in [-0.25, -0.2) is 4.79 Å². The van der Waals surface area contributed by atoms with Gasteiger partial charge in [0.05, 0.1) is 17.9 Å². The number of carboxylic acid groups (broad SMARTS) is 1. The van der Waals surface area contributed by atoms with Crippen molar-refractivity contribution in [3.8, 4) is 0 Å². The molecule has 1 aliphatic carbocycles. The van der Waals surface area contributed by atoms with E-state index in [2.05, 4.69) is 0 Å². The van der Waals surface area contributed by atoms with E-state index in [9.17, 15) is 29.1 Å². The summed E-state index contributed by atoms with van der Waals surface area (Å²) in [6.45, 7) is 3.12. The third-order valence-electron chi connectivity index (χ3n) is 6.05. The number of fused-ring (bicyclic) bond motifs is 1. The molecular formula is C19H26N2O6S. The quantitative estimate of drug-likeness (QED) is 0.676. The van der Waals surface area contributed by atoms with Gasteiger partial charge in [0.15, 0.2) is 5.12 Å². The Bertz CT molecular complexity index is 687. The van der Waals surface area contributed by atoms with Crippen molar-refractivity contribution in [1.29, 1.82) is 0 Å². The third kappa shape index (κ3) is 3.81. The molecule has 0 bridgehead atoms. The lowest BCUT2D eigenvalue weighted by atomic mass is 9.81. The molecule has 3 rings (SSSR count). The molecule has 1 N–H and O–H groups in total. The Balaban J connectivity index is 1.75. The van der Waals surface area contributed by atoms with Crippen molar-refractivity contribution in [2.45, 2.75) is 58.0 Å². The Hall–Kier alpha value is -1.90. The molecule has 2 aliphatic heterocycles. The summed E-state index contributed by atoms with van der Waals surface area (Å²) < 4.78 is 0. The smallest absolute Gasteiger partial charge is 0.326 e. The molecule has 3 fully saturated rings. The van der Waals surface area contributed by atoms with Crippen molar-refractivity contribution in [1.82, 2.24) is 9.80 Å². The van der Waals surface area contributed by atoms with E-state index in [0.29, 0.717) is 12.8 Å². The van der Waals surface area contributed by atoms with Crippen LogP contribution < -0.4 is 0 Å². The first-order valence-electron chi connectivity index (χ1n) is 9.76. The zero-order valence-corrected chi connectivity index (χ0v) is 16.9. The van der Waals surface area contributed by atoms with E-state index in [1.54, 1.807) is 6.92 Å². The molecule has 4 unspecified atom stereocenters. The highest BCUT2D eigenvalue weighted by molar-refractivity contribution is 8.13. The van der Waals surface area contributed by atoms with E-state index >= 15 is 0 Å². The number of imide groups is 1. The lowest BCUT2D eigenvalue weighted by Gasteiger charge is -2.25. The summed E-state index contributed by atoms with van der Waals surface area (Å²) in [5, 5.41) is 9.48. The predicted molar refractivity (Wildman–Crippen MR) is 101 cm³/mol. The fourth-order valence-corrected chi connectivity index (χ4v) is 5.25. The first-order valence-corrected chi connectivity index (χ1v) is 10.7. The van der Waals surface area contributed by atoms with Gasteiger partial charge in [-0.15, -0.1) is 0 Å². The van der Waals surface area contributed by atoms with Crippen LogP contribution in [-0.2, 0) is 24.0 Å². The Morgan fingerprint density at radius 3 is 2.21 bits per heavy atom. The van der Waals surface area contributed by atoms with E-state index in [1.165, 1.54) is 16.7 Å². The molecule has 0 spiro atoms. The molecule has 0 aromatic heterocycles. The fourth-order valence-electron chi connectivity index (χ4n) is 4.62. The summed E-state index contributed by atoms with van der Waals surface area (Å²) in [7, 11) is 0. The normalized spacial score (nSPS) is 31.1. The molecule has 1 saturated carbocycles. The van der Waals surface area contributed by atoms with Crippen molar-refractivity contribution < 1.29 is 29.1 Å². The second-order valence-corrected chi connectivity index (χ2v) is 9.18. The predicted octanol–water partition coefficient (Wildman–Crippen LogP) is 1.13. The fraction of sp³-hybridized carbons (Fsp3) is 0.737. The number of carbonyl (C=O) groups excluding carboxylic acids is 4. The summed E-state index contributed by atoms with van der Waals surface area (Å²) in [5.74, 6) is -2.76. The highest BCUT2D eigenvalue weighted by Gasteiger charge is 2.54. The molecule has 0 aromatic carbocycles. The number of carbonyl (C=O) groups is 5. The molecule has 0 aromatic rings. The number of hydrogen-bond acceptors (Lipinski definition) is 6. The average Bonchev–Trinajstić information content (AvgIpc) is 3.19. The molecule has 3 aliphatic rings. The maximum atomic E-state index is 12.8. The number of likely N-dealkylation sites (tertiary alicyclic amines) is 2. The zero-order chi connectivity index (χ0) is 20.6. The minimum absolute atomic E-state index is 0.0435. The van der Waals surface area contributed by atoms with Crippen LogP contribution in [0, 0.1) is 17.8 Å². The third-order valence-corrected chi connectivity index (χ3v) is 7.12. The summed E-state index contributed by atoms with van der Waals surface area (Å²) in [6, 6.07) is -1.66. The summed E-state index contributed by atoms with van der Waals surface area (Å²) in [4.78, 5) is 63.8. The second-order valence-electron chi connectivity index (χ2n) is 7.98. The van der Waals surface area contributed by atoms with Crippen LogP contribution in [0.5, 0.6) is 0 Å². The number of aliphatic carboxylic acids is 1. The van der Waals surface area contributed by atoms with E-state index in [1.807, 2.05) is 0 Å². The van der Waals surface area contributed by atoms with Crippen LogP contribution in [-0.4, -0.2) is 68.1 Å². The zero-order valence-electron chi connectivity index (χ0n) is 16.1. The minimum atomic E-state index is -1.14. The van der Waals surface area contributed by atoms with Crippen molar-refractivity contribution in [2.24, 2.45) is 17.8 Å².